The van der Waals surface area contributed by atoms with E-state index in [1.807, 2.05) is 31.2 Å². The van der Waals surface area contributed by atoms with Crippen LogP contribution in [0.25, 0.3) is 11.0 Å². The topological polar surface area (TPSA) is 48.7 Å². The molecule has 0 saturated carbocycles. The summed E-state index contributed by atoms with van der Waals surface area (Å²) in [6.07, 6.45) is -4.93. The zero-order valence-electron chi connectivity index (χ0n) is 17.3. The SMILES string of the molecule is Cc1cccc(Oc2c(C(F)(F)F)oc3cc(OCc4ccccc4C)ccc3c2=O)c1. The summed E-state index contributed by atoms with van der Waals surface area (Å²) in [6.45, 7) is 3.92. The average molecular weight is 440 g/mol. The molecule has 32 heavy (non-hydrogen) atoms. The van der Waals surface area contributed by atoms with Crippen LogP contribution in [0.15, 0.2) is 75.9 Å². The predicted octanol–water partition coefficient (Wildman–Crippen LogP) is 6.80. The summed E-state index contributed by atoms with van der Waals surface area (Å²) in [7, 11) is 0. The van der Waals surface area contributed by atoms with Crippen molar-refractivity contribution in [3.05, 3.63) is 99.4 Å². The molecule has 1 aromatic heterocycles. The number of aryl methyl sites for hydroxylation is 2. The molecule has 0 N–H and O–H groups in total. The van der Waals surface area contributed by atoms with E-state index < -0.39 is 23.1 Å². The Hall–Kier alpha value is -3.74. The van der Waals surface area contributed by atoms with Crippen LogP contribution < -0.4 is 14.9 Å². The maximum absolute atomic E-state index is 13.7. The normalized spacial score (nSPS) is 11.5. The summed E-state index contributed by atoms with van der Waals surface area (Å²) in [5.74, 6) is -2.00. The molecule has 0 radical (unpaired) electrons. The summed E-state index contributed by atoms with van der Waals surface area (Å²) in [5, 5.41) is -0.0381. The molecular formula is C25H19F3O4. The lowest BCUT2D eigenvalue weighted by atomic mass is 10.1. The molecule has 0 aliphatic rings. The Labute approximate surface area is 181 Å². The van der Waals surface area contributed by atoms with E-state index in [-0.39, 0.29) is 29.1 Å². The van der Waals surface area contributed by atoms with Crippen LogP contribution >= 0.6 is 0 Å². The highest BCUT2D eigenvalue weighted by Gasteiger charge is 2.40. The van der Waals surface area contributed by atoms with Gasteiger partial charge in [0, 0.05) is 6.07 Å². The first-order valence-electron chi connectivity index (χ1n) is 9.82. The molecule has 0 aliphatic carbocycles. The van der Waals surface area contributed by atoms with Gasteiger partial charge >= 0.3 is 6.18 Å². The fourth-order valence-electron chi connectivity index (χ4n) is 3.26. The van der Waals surface area contributed by atoms with Gasteiger partial charge in [0.2, 0.25) is 11.2 Å². The van der Waals surface area contributed by atoms with Crippen molar-refractivity contribution < 1.29 is 27.1 Å². The lowest BCUT2D eigenvalue weighted by Gasteiger charge is -2.14. The Kier molecular flexibility index (Phi) is 5.65. The number of hydrogen-bond acceptors (Lipinski definition) is 4. The number of alkyl halides is 3. The molecule has 4 aromatic rings. The largest absolute Gasteiger partial charge is 0.489 e. The number of benzene rings is 3. The predicted molar refractivity (Wildman–Crippen MR) is 114 cm³/mol. The summed E-state index contributed by atoms with van der Waals surface area (Å²) in [5.41, 5.74) is 1.59. The van der Waals surface area contributed by atoms with Crippen LogP contribution in [0.2, 0.25) is 0 Å². The quantitative estimate of drug-likeness (QED) is 0.342. The van der Waals surface area contributed by atoms with Crippen molar-refractivity contribution in [1.29, 1.82) is 0 Å². The monoisotopic (exact) mass is 440 g/mol. The maximum Gasteiger partial charge on any atom is 0.453 e. The second kappa shape index (κ2) is 8.42. The molecule has 0 amide bonds. The van der Waals surface area contributed by atoms with Gasteiger partial charge in [-0.2, -0.15) is 13.2 Å². The van der Waals surface area contributed by atoms with Crippen LogP contribution in [0.5, 0.6) is 17.2 Å². The smallest absolute Gasteiger partial charge is 0.453 e. The average Bonchev–Trinajstić information content (AvgIpc) is 2.74. The van der Waals surface area contributed by atoms with Gasteiger partial charge in [0.25, 0.3) is 5.76 Å². The first-order chi connectivity index (χ1) is 15.2. The van der Waals surface area contributed by atoms with E-state index in [2.05, 4.69) is 0 Å². The van der Waals surface area contributed by atoms with E-state index in [1.54, 1.807) is 19.1 Å². The third-order valence-electron chi connectivity index (χ3n) is 4.94. The first-order valence-corrected chi connectivity index (χ1v) is 9.82. The molecule has 0 unspecified atom stereocenters. The number of hydrogen-bond donors (Lipinski definition) is 0. The molecule has 4 nitrogen and oxygen atoms in total. The third-order valence-corrected chi connectivity index (χ3v) is 4.94. The van der Waals surface area contributed by atoms with Crippen LogP contribution in [0.3, 0.4) is 0 Å². The van der Waals surface area contributed by atoms with Gasteiger partial charge in [-0.25, -0.2) is 0 Å². The minimum atomic E-state index is -4.93. The minimum Gasteiger partial charge on any atom is -0.489 e. The van der Waals surface area contributed by atoms with Crippen molar-refractivity contribution in [2.45, 2.75) is 26.6 Å². The van der Waals surface area contributed by atoms with Crippen LogP contribution in [0, 0.1) is 13.8 Å². The second-order valence-corrected chi connectivity index (χ2v) is 7.38. The number of halogens is 3. The molecule has 1 heterocycles. The van der Waals surface area contributed by atoms with E-state index in [0.29, 0.717) is 0 Å². The highest BCUT2D eigenvalue weighted by molar-refractivity contribution is 5.79. The Morgan fingerprint density at radius 2 is 1.69 bits per heavy atom. The second-order valence-electron chi connectivity index (χ2n) is 7.38. The van der Waals surface area contributed by atoms with E-state index in [1.165, 1.54) is 30.3 Å². The fourth-order valence-corrected chi connectivity index (χ4v) is 3.26. The van der Waals surface area contributed by atoms with E-state index >= 15 is 0 Å². The molecule has 0 aliphatic heterocycles. The molecule has 0 atom stereocenters. The van der Waals surface area contributed by atoms with Gasteiger partial charge in [0.05, 0.1) is 5.39 Å². The van der Waals surface area contributed by atoms with Crippen molar-refractivity contribution >= 4 is 11.0 Å². The number of fused-ring (bicyclic) bond motifs is 1. The van der Waals surface area contributed by atoms with E-state index in [4.69, 9.17) is 13.9 Å². The Morgan fingerprint density at radius 1 is 0.906 bits per heavy atom. The van der Waals surface area contributed by atoms with Crippen molar-refractivity contribution in [3.8, 4) is 17.2 Å². The van der Waals surface area contributed by atoms with E-state index in [0.717, 1.165) is 16.7 Å². The first kappa shape index (κ1) is 21.5. The summed E-state index contributed by atoms with van der Waals surface area (Å²) < 4.78 is 57.3. The highest BCUT2D eigenvalue weighted by Crippen LogP contribution is 2.38. The van der Waals surface area contributed by atoms with Gasteiger partial charge < -0.3 is 13.9 Å². The molecule has 0 saturated heterocycles. The zero-order valence-corrected chi connectivity index (χ0v) is 17.3. The van der Waals surface area contributed by atoms with Gasteiger partial charge in [0.15, 0.2) is 0 Å². The van der Waals surface area contributed by atoms with Crippen LogP contribution in [0.1, 0.15) is 22.5 Å². The van der Waals surface area contributed by atoms with Gasteiger partial charge in [-0.3, -0.25) is 4.79 Å². The molecule has 4 rings (SSSR count). The minimum absolute atomic E-state index is 0.0381. The van der Waals surface area contributed by atoms with Crippen molar-refractivity contribution in [2.24, 2.45) is 0 Å². The van der Waals surface area contributed by atoms with Crippen molar-refractivity contribution in [1.82, 2.24) is 0 Å². The fraction of sp³-hybridized carbons (Fsp3) is 0.160. The number of rotatable bonds is 5. The van der Waals surface area contributed by atoms with Gasteiger partial charge in [0.1, 0.15) is 23.7 Å². The number of ether oxygens (including phenoxy) is 2. The molecule has 7 heteroatoms. The summed E-state index contributed by atoms with van der Waals surface area (Å²) >= 11 is 0. The molecule has 3 aromatic carbocycles. The van der Waals surface area contributed by atoms with Gasteiger partial charge in [-0.15, -0.1) is 0 Å². The Morgan fingerprint density at radius 3 is 2.41 bits per heavy atom. The standard InChI is InChI=1S/C25H19F3O4/c1-15-6-5-9-19(12-15)31-23-22(29)20-11-10-18(13-21(20)32-24(23)25(26,27)28)30-14-17-8-4-3-7-16(17)2/h3-13H,14H2,1-2H3. The summed E-state index contributed by atoms with van der Waals surface area (Å²) in [4.78, 5) is 12.9. The molecular weight excluding hydrogens is 421 g/mol. The van der Waals surface area contributed by atoms with Crippen molar-refractivity contribution in [3.63, 3.8) is 0 Å². The van der Waals surface area contributed by atoms with Crippen molar-refractivity contribution in [2.75, 3.05) is 0 Å². The maximum atomic E-state index is 13.7. The molecule has 0 fully saturated rings. The highest BCUT2D eigenvalue weighted by atomic mass is 19.4. The van der Waals surface area contributed by atoms with Gasteiger partial charge in [-0.05, 0) is 54.8 Å². The van der Waals surface area contributed by atoms with Gasteiger partial charge in [-0.1, -0.05) is 36.4 Å². The molecule has 0 bridgehead atoms. The lowest BCUT2D eigenvalue weighted by Crippen LogP contribution is -2.15. The Balaban J connectivity index is 1.74. The lowest BCUT2D eigenvalue weighted by molar-refractivity contribution is -0.154. The van der Waals surface area contributed by atoms with E-state index in [9.17, 15) is 18.0 Å². The zero-order chi connectivity index (χ0) is 22.9. The van der Waals surface area contributed by atoms with Crippen LogP contribution in [-0.4, -0.2) is 0 Å². The van der Waals surface area contributed by atoms with Crippen LogP contribution in [0.4, 0.5) is 13.2 Å². The summed E-state index contributed by atoms with van der Waals surface area (Å²) in [6, 6.07) is 18.2. The van der Waals surface area contributed by atoms with Crippen LogP contribution in [-0.2, 0) is 12.8 Å². The molecule has 0 spiro atoms. The Bertz CT molecular complexity index is 1340. The molecule has 164 valence electrons. The third kappa shape index (κ3) is 4.46.